The third-order valence-corrected chi connectivity index (χ3v) is 4.84. The summed E-state index contributed by atoms with van der Waals surface area (Å²) in [5, 5.41) is 22.7. The second kappa shape index (κ2) is 8.70. The van der Waals surface area contributed by atoms with Crippen LogP contribution < -0.4 is 10.1 Å². The lowest BCUT2D eigenvalue weighted by atomic mass is 10.1. The van der Waals surface area contributed by atoms with Crippen molar-refractivity contribution in [2.45, 2.75) is 31.1 Å². The van der Waals surface area contributed by atoms with Gasteiger partial charge in [-0.05, 0) is 24.0 Å². The van der Waals surface area contributed by atoms with E-state index in [1.54, 1.807) is 6.07 Å². The van der Waals surface area contributed by atoms with E-state index in [1.165, 1.54) is 31.0 Å². The average Bonchev–Trinajstić information content (AvgIpc) is 3.38. The van der Waals surface area contributed by atoms with E-state index >= 15 is 0 Å². The molecule has 0 radical (unpaired) electrons. The standard InChI is InChI=1S/C16H20N2O6S/c1-24-14-5-4-11(7-13(14)18(22)23)8-25-9-15(19)17-12(16(20)21)6-10-2-3-10/h4-5,7,10,12H,2-3,6,8-9H2,1H3,(H,17,19)(H,20,21). The molecule has 0 bridgehead atoms. The number of aliphatic carboxylic acids is 1. The fourth-order valence-electron chi connectivity index (χ4n) is 2.37. The molecule has 0 saturated heterocycles. The maximum atomic E-state index is 11.9. The van der Waals surface area contributed by atoms with E-state index in [2.05, 4.69) is 5.32 Å². The van der Waals surface area contributed by atoms with Crippen LogP contribution in [-0.2, 0) is 15.3 Å². The Bertz CT molecular complexity index is 662. The fraction of sp³-hybridized carbons (Fsp3) is 0.500. The van der Waals surface area contributed by atoms with Crippen molar-refractivity contribution in [3.8, 4) is 5.75 Å². The van der Waals surface area contributed by atoms with Crippen LogP contribution in [0.2, 0.25) is 0 Å². The highest BCUT2D eigenvalue weighted by Gasteiger charge is 2.30. The summed E-state index contributed by atoms with van der Waals surface area (Å²) in [6, 6.07) is 3.79. The Balaban J connectivity index is 1.83. The predicted molar refractivity (Wildman–Crippen MR) is 92.7 cm³/mol. The number of nitro benzene ring substituents is 1. The molecular formula is C16H20N2O6S. The van der Waals surface area contributed by atoms with Crippen molar-refractivity contribution in [1.29, 1.82) is 0 Å². The summed E-state index contributed by atoms with van der Waals surface area (Å²) >= 11 is 1.27. The first-order valence-electron chi connectivity index (χ1n) is 7.82. The zero-order valence-corrected chi connectivity index (χ0v) is 14.6. The molecule has 1 saturated carbocycles. The number of nitrogens with one attached hydrogen (secondary N) is 1. The van der Waals surface area contributed by atoms with E-state index in [-0.39, 0.29) is 23.1 Å². The molecule has 1 aromatic carbocycles. The first-order chi connectivity index (χ1) is 11.9. The van der Waals surface area contributed by atoms with Crippen molar-refractivity contribution in [1.82, 2.24) is 5.32 Å². The molecule has 25 heavy (non-hydrogen) atoms. The normalized spacial score (nSPS) is 14.6. The zero-order chi connectivity index (χ0) is 18.4. The highest BCUT2D eigenvalue weighted by molar-refractivity contribution is 7.99. The lowest BCUT2D eigenvalue weighted by Crippen LogP contribution is -2.42. The highest BCUT2D eigenvalue weighted by atomic mass is 32.2. The van der Waals surface area contributed by atoms with Gasteiger partial charge in [-0.1, -0.05) is 18.9 Å². The molecule has 0 aromatic heterocycles. The van der Waals surface area contributed by atoms with Crippen LogP contribution in [0, 0.1) is 16.0 Å². The molecule has 0 heterocycles. The Labute approximate surface area is 149 Å². The van der Waals surface area contributed by atoms with Gasteiger partial charge in [-0.15, -0.1) is 11.8 Å². The quantitative estimate of drug-likeness (QED) is 0.480. The van der Waals surface area contributed by atoms with Crippen LogP contribution in [0.15, 0.2) is 18.2 Å². The third kappa shape index (κ3) is 5.93. The second-order valence-corrected chi connectivity index (χ2v) is 6.88. The van der Waals surface area contributed by atoms with Crippen molar-refractivity contribution < 1.29 is 24.4 Å². The van der Waals surface area contributed by atoms with E-state index < -0.39 is 16.9 Å². The van der Waals surface area contributed by atoms with Crippen molar-refractivity contribution >= 4 is 29.3 Å². The molecule has 1 aliphatic rings. The zero-order valence-electron chi connectivity index (χ0n) is 13.8. The number of thioether (sulfide) groups is 1. The summed E-state index contributed by atoms with van der Waals surface area (Å²) in [6.45, 7) is 0. The average molecular weight is 368 g/mol. The number of carbonyl (C=O) groups is 2. The molecule has 9 heteroatoms. The van der Waals surface area contributed by atoms with E-state index in [0.717, 1.165) is 12.8 Å². The first kappa shape index (κ1) is 19.0. The minimum atomic E-state index is -1.02. The fourth-order valence-corrected chi connectivity index (χ4v) is 3.16. The van der Waals surface area contributed by atoms with Crippen molar-refractivity contribution in [3.63, 3.8) is 0 Å². The smallest absolute Gasteiger partial charge is 0.326 e. The highest BCUT2D eigenvalue weighted by Crippen LogP contribution is 2.33. The second-order valence-electron chi connectivity index (χ2n) is 5.89. The molecular weight excluding hydrogens is 348 g/mol. The minimum Gasteiger partial charge on any atom is -0.490 e. The number of amides is 1. The van der Waals surface area contributed by atoms with Crippen molar-refractivity contribution in [2.24, 2.45) is 5.92 Å². The Morgan fingerprint density at radius 2 is 2.20 bits per heavy atom. The lowest BCUT2D eigenvalue weighted by Gasteiger charge is -2.13. The Kier molecular flexibility index (Phi) is 6.63. The van der Waals surface area contributed by atoms with Crippen LogP contribution in [0.4, 0.5) is 5.69 Å². The number of carboxylic acids is 1. The van der Waals surface area contributed by atoms with Crippen LogP contribution in [0.3, 0.4) is 0 Å². The van der Waals surface area contributed by atoms with Gasteiger partial charge in [-0.2, -0.15) is 0 Å². The Morgan fingerprint density at radius 1 is 1.48 bits per heavy atom. The van der Waals surface area contributed by atoms with Crippen LogP contribution in [0.5, 0.6) is 5.75 Å². The number of hydrogen-bond acceptors (Lipinski definition) is 6. The van der Waals surface area contributed by atoms with E-state index in [4.69, 9.17) is 9.84 Å². The molecule has 1 unspecified atom stereocenters. The van der Waals surface area contributed by atoms with Crippen LogP contribution in [0.1, 0.15) is 24.8 Å². The molecule has 1 atom stereocenters. The first-order valence-corrected chi connectivity index (χ1v) is 8.97. The minimum absolute atomic E-state index is 0.0915. The molecule has 1 aliphatic carbocycles. The summed E-state index contributed by atoms with van der Waals surface area (Å²) in [7, 11) is 1.36. The maximum Gasteiger partial charge on any atom is 0.326 e. The number of nitrogens with zero attached hydrogens (tertiary/aromatic N) is 1. The number of hydrogen-bond donors (Lipinski definition) is 2. The molecule has 1 amide bonds. The Hall–Kier alpha value is -2.29. The predicted octanol–water partition coefficient (Wildman–Crippen LogP) is 2.21. The number of benzene rings is 1. The van der Waals surface area contributed by atoms with Gasteiger partial charge in [0.2, 0.25) is 5.91 Å². The number of nitro groups is 1. The molecule has 2 rings (SSSR count). The van der Waals surface area contributed by atoms with E-state index in [0.29, 0.717) is 23.7 Å². The topological polar surface area (TPSA) is 119 Å². The molecule has 136 valence electrons. The third-order valence-electron chi connectivity index (χ3n) is 3.84. The molecule has 1 fully saturated rings. The Morgan fingerprint density at radius 3 is 2.76 bits per heavy atom. The maximum absolute atomic E-state index is 11.9. The SMILES string of the molecule is COc1ccc(CSCC(=O)NC(CC2CC2)C(=O)O)cc1[N+](=O)[O-]. The number of methoxy groups -OCH3 is 1. The van der Waals surface area contributed by atoms with Crippen LogP contribution in [0.25, 0.3) is 0 Å². The van der Waals surface area contributed by atoms with Gasteiger partial charge in [0, 0.05) is 11.8 Å². The van der Waals surface area contributed by atoms with Gasteiger partial charge >= 0.3 is 11.7 Å². The van der Waals surface area contributed by atoms with Crippen LogP contribution in [-0.4, -0.2) is 40.8 Å². The number of rotatable bonds is 10. The van der Waals surface area contributed by atoms with Crippen molar-refractivity contribution in [3.05, 3.63) is 33.9 Å². The van der Waals surface area contributed by atoms with Gasteiger partial charge in [0.05, 0.1) is 17.8 Å². The van der Waals surface area contributed by atoms with Gasteiger partial charge in [0.25, 0.3) is 0 Å². The molecule has 2 N–H and O–H groups in total. The summed E-state index contributed by atoms with van der Waals surface area (Å²) in [5.74, 6) is -0.292. The van der Waals surface area contributed by atoms with Gasteiger partial charge in [0.1, 0.15) is 6.04 Å². The number of carbonyl (C=O) groups excluding carboxylic acids is 1. The van der Waals surface area contributed by atoms with Gasteiger partial charge < -0.3 is 15.2 Å². The monoisotopic (exact) mass is 368 g/mol. The van der Waals surface area contributed by atoms with Gasteiger partial charge in [-0.25, -0.2) is 4.79 Å². The van der Waals surface area contributed by atoms with E-state index in [1.807, 2.05) is 0 Å². The lowest BCUT2D eigenvalue weighted by molar-refractivity contribution is -0.385. The molecule has 0 spiro atoms. The molecule has 1 aromatic rings. The van der Waals surface area contributed by atoms with Crippen LogP contribution >= 0.6 is 11.8 Å². The van der Waals surface area contributed by atoms with E-state index in [9.17, 15) is 19.7 Å². The molecule has 8 nitrogen and oxygen atoms in total. The summed E-state index contributed by atoms with van der Waals surface area (Å²) < 4.78 is 4.94. The summed E-state index contributed by atoms with van der Waals surface area (Å²) in [4.78, 5) is 33.5. The number of carboxylic acid groups (broad SMARTS) is 1. The van der Waals surface area contributed by atoms with Gasteiger partial charge in [-0.3, -0.25) is 14.9 Å². The summed E-state index contributed by atoms with van der Waals surface area (Å²) in [5.41, 5.74) is 0.568. The largest absolute Gasteiger partial charge is 0.490 e. The molecule has 0 aliphatic heterocycles. The van der Waals surface area contributed by atoms with Crippen molar-refractivity contribution in [2.75, 3.05) is 12.9 Å². The summed E-state index contributed by atoms with van der Waals surface area (Å²) in [6.07, 6.45) is 2.51. The van der Waals surface area contributed by atoms with Gasteiger partial charge in [0.15, 0.2) is 5.75 Å². The number of ether oxygens (including phenoxy) is 1.